The van der Waals surface area contributed by atoms with Crippen molar-refractivity contribution in [2.75, 3.05) is 6.54 Å². The Hall–Kier alpha value is -0.660. The minimum Gasteiger partial charge on any atom is -0.481 e. The van der Waals surface area contributed by atoms with Gasteiger partial charge in [0.15, 0.2) is 0 Å². The van der Waals surface area contributed by atoms with Gasteiger partial charge in [-0.2, -0.15) is 13.1 Å². The normalized spacial score (nSPS) is 14.8. The Balaban J connectivity index is 4.48. The van der Waals surface area contributed by atoms with E-state index < -0.39 is 27.6 Å². The fourth-order valence-corrected chi connectivity index (χ4v) is 2.79. The molecule has 0 aliphatic rings. The first-order valence-corrected chi connectivity index (χ1v) is 7.42. The minimum absolute atomic E-state index is 0.0983. The molecule has 0 bridgehead atoms. The van der Waals surface area contributed by atoms with Crippen LogP contribution in [0, 0.1) is 11.8 Å². The van der Waals surface area contributed by atoms with Crippen LogP contribution in [0.2, 0.25) is 0 Å². The maximum Gasteiger partial charge on any atom is 0.307 e. The molecule has 0 rings (SSSR count). The molecular weight excluding hydrogens is 256 g/mol. The smallest absolute Gasteiger partial charge is 0.307 e. The molecule has 0 heterocycles. The highest BCUT2D eigenvalue weighted by Gasteiger charge is 2.24. The number of aliphatic carboxylic acids is 1. The molecule has 1 unspecified atom stereocenters. The fraction of sp³-hybridized carbons (Fsp3) is 0.909. The monoisotopic (exact) mass is 280 g/mol. The number of hydrogen-bond donors (Lipinski definition) is 3. The van der Waals surface area contributed by atoms with E-state index in [1.807, 2.05) is 13.8 Å². The summed E-state index contributed by atoms with van der Waals surface area (Å²) in [6, 6.07) is 0. The average molecular weight is 280 g/mol. The van der Waals surface area contributed by atoms with Gasteiger partial charge < -0.3 is 5.11 Å². The van der Waals surface area contributed by atoms with Crippen LogP contribution in [0.1, 0.15) is 41.0 Å². The van der Waals surface area contributed by atoms with Crippen LogP contribution in [-0.4, -0.2) is 31.6 Å². The van der Waals surface area contributed by atoms with Gasteiger partial charge in [-0.3, -0.25) is 4.79 Å². The molecule has 1 atom stereocenters. The molecule has 0 aliphatic heterocycles. The highest BCUT2D eigenvalue weighted by Crippen LogP contribution is 2.11. The largest absolute Gasteiger partial charge is 0.481 e. The van der Waals surface area contributed by atoms with Gasteiger partial charge >= 0.3 is 5.97 Å². The number of rotatable bonds is 7. The van der Waals surface area contributed by atoms with E-state index in [0.29, 0.717) is 6.42 Å². The molecule has 0 aromatic rings. The Morgan fingerprint density at radius 2 is 1.78 bits per heavy atom. The Bertz CT molecular complexity index is 371. The summed E-state index contributed by atoms with van der Waals surface area (Å²) in [6.07, 6.45) is 0.438. The summed E-state index contributed by atoms with van der Waals surface area (Å²) < 4.78 is 28.0. The van der Waals surface area contributed by atoms with Crippen LogP contribution in [0.5, 0.6) is 0 Å². The second kappa shape index (κ2) is 6.49. The molecule has 0 saturated carbocycles. The molecule has 108 valence electrons. The lowest BCUT2D eigenvalue weighted by Gasteiger charge is -2.22. The molecule has 0 amide bonds. The van der Waals surface area contributed by atoms with Crippen LogP contribution in [0.15, 0.2) is 0 Å². The summed E-state index contributed by atoms with van der Waals surface area (Å²) in [7, 11) is -3.67. The predicted octanol–water partition coefficient (Wildman–Crippen LogP) is 0.956. The number of carboxylic acids is 1. The molecule has 0 radical (unpaired) electrons. The predicted molar refractivity (Wildman–Crippen MR) is 70.4 cm³/mol. The van der Waals surface area contributed by atoms with Gasteiger partial charge in [0.25, 0.3) is 10.2 Å². The third kappa shape index (κ3) is 8.43. The van der Waals surface area contributed by atoms with Crippen LogP contribution >= 0.6 is 0 Å². The van der Waals surface area contributed by atoms with Gasteiger partial charge in [0.1, 0.15) is 0 Å². The first kappa shape index (κ1) is 17.3. The highest BCUT2D eigenvalue weighted by atomic mass is 32.2. The number of carboxylic acid groups (broad SMARTS) is 1. The quantitative estimate of drug-likeness (QED) is 0.647. The minimum atomic E-state index is -3.67. The summed E-state index contributed by atoms with van der Waals surface area (Å²) in [4.78, 5) is 11.0. The van der Waals surface area contributed by atoms with Crippen molar-refractivity contribution in [3.8, 4) is 0 Å². The zero-order valence-electron chi connectivity index (χ0n) is 11.6. The van der Waals surface area contributed by atoms with Gasteiger partial charge in [-0.1, -0.05) is 13.8 Å². The van der Waals surface area contributed by atoms with Crippen LogP contribution in [0.4, 0.5) is 0 Å². The van der Waals surface area contributed by atoms with Crippen LogP contribution in [0.3, 0.4) is 0 Å². The molecule has 0 fully saturated rings. The number of nitrogens with one attached hydrogen (secondary N) is 2. The average Bonchev–Trinajstić information content (AvgIpc) is 2.07. The highest BCUT2D eigenvalue weighted by molar-refractivity contribution is 7.87. The molecule has 0 saturated heterocycles. The standard InChI is InChI=1S/C11H24N2O4S/c1-8(2)6-9(10(14)15)7-12-18(16,17)13-11(3,4)5/h8-9,12-13H,6-7H2,1-5H3,(H,14,15). The number of hydrogen-bond acceptors (Lipinski definition) is 3. The molecular formula is C11H24N2O4S. The maximum absolute atomic E-state index is 11.6. The van der Waals surface area contributed by atoms with Gasteiger partial charge in [0.2, 0.25) is 0 Å². The van der Waals surface area contributed by atoms with Gasteiger partial charge in [-0.05, 0) is 33.1 Å². The Morgan fingerprint density at radius 1 is 1.28 bits per heavy atom. The molecule has 0 aromatic carbocycles. The van der Waals surface area contributed by atoms with Gasteiger partial charge in [-0.25, -0.2) is 4.72 Å². The first-order valence-electron chi connectivity index (χ1n) is 5.94. The third-order valence-corrected chi connectivity index (χ3v) is 3.49. The third-order valence-electron chi connectivity index (χ3n) is 2.07. The SMILES string of the molecule is CC(C)CC(CNS(=O)(=O)NC(C)(C)C)C(=O)O. The molecule has 18 heavy (non-hydrogen) atoms. The second-order valence-corrected chi connectivity index (χ2v) is 7.37. The van der Waals surface area contributed by atoms with E-state index in [1.165, 1.54) is 0 Å². The molecule has 3 N–H and O–H groups in total. The summed E-state index contributed by atoms with van der Waals surface area (Å²) in [5.74, 6) is -1.49. The zero-order chi connectivity index (χ0) is 14.6. The van der Waals surface area contributed by atoms with Crippen LogP contribution < -0.4 is 9.44 Å². The maximum atomic E-state index is 11.6. The van der Waals surface area contributed by atoms with Crippen molar-refractivity contribution in [2.45, 2.75) is 46.6 Å². The lowest BCUT2D eigenvalue weighted by molar-refractivity contribution is -0.142. The first-order chi connectivity index (χ1) is 7.93. The van der Waals surface area contributed by atoms with E-state index in [4.69, 9.17) is 5.11 Å². The van der Waals surface area contributed by atoms with Crippen molar-refractivity contribution in [3.63, 3.8) is 0 Å². The van der Waals surface area contributed by atoms with Crippen molar-refractivity contribution >= 4 is 16.2 Å². The van der Waals surface area contributed by atoms with Crippen molar-refractivity contribution in [2.24, 2.45) is 11.8 Å². The summed E-state index contributed by atoms with van der Waals surface area (Å²) >= 11 is 0. The van der Waals surface area contributed by atoms with E-state index >= 15 is 0 Å². The van der Waals surface area contributed by atoms with E-state index in [9.17, 15) is 13.2 Å². The molecule has 7 heteroatoms. The zero-order valence-corrected chi connectivity index (χ0v) is 12.5. The summed E-state index contributed by atoms with van der Waals surface area (Å²) in [5, 5.41) is 9.00. The second-order valence-electron chi connectivity index (χ2n) is 5.87. The summed E-state index contributed by atoms with van der Waals surface area (Å²) in [6.45, 7) is 8.85. The van der Waals surface area contributed by atoms with Gasteiger partial charge in [0.05, 0.1) is 5.92 Å². The van der Waals surface area contributed by atoms with Crippen LogP contribution in [0.25, 0.3) is 0 Å². The Morgan fingerprint density at radius 3 is 2.11 bits per heavy atom. The fourth-order valence-electron chi connectivity index (χ4n) is 1.49. The topological polar surface area (TPSA) is 95.5 Å². The van der Waals surface area contributed by atoms with Crippen LogP contribution in [-0.2, 0) is 15.0 Å². The Kier molecular flexibility index (Phi) is 6.25. The molecule has 0 aromatic heterocycles. The van der Waals surface area contributed by atoms with Crippen molar-refractivity contribution in [1.82, 2.24) is 9.44 Å². The molecule has 0 spiro atoms. The van der Waals surface area contributed by atoms with E-state index in [-0.39, 0.29) is 12.5 Å². The van der Waals surface area contributed by atoms with Crippen molar-refractivity contribution < 1.29 is 18.3 Å². The number of carbonyl (C=O) groups is 1. The lowest BCUT2D eigenvalue weighted by atomic mass is 9.98. The van der Waals surface area contributed by atoms with Crippen molar-refractivity contribution in [1.29, 1.82) is 0 Å². The van der Waals surface area contributed by atoms with Gasteiger partial charge in [0, 0.05) is 12.1 Å². The van der Waals surface area contributed by atoms with E-state index in [2.05, 4.69) is 9.44 Å². The summed E-state index contributed by atoms with van der Waals surface area (Å²) in [5.41, 5.74) is -0.595. The van der Waals surface area contributed by atoms with Crippen molar-refractivity contribution in [3.05, 3.63) is 0 Å². The molecule has 6 nitrogen and oxygen atoms in total. The lowest BCUT2D eigenvalue weighted by Crippen LogP contribution is -2.48. The Labute approximate surface area is 109 Å². The van der Waals surface area contributed by atoms with E-state index in [0.717, 1.165) is 0 Å². The van der Waals surface area contributed by atoms with E-state index in [1.54, 1.807) is 20.8 Å². The van der Waals surface area contributed by atoms with Gasteiger partial charge in [-0.15, -0.1) is 0 Å². The molecule has 0 aliphatic carbocycles.